The van der Waals surface area contributed by atoms with Crippen LogP contribution in [0.1, 0.15) is 15.9 Å². The maximum Gasteiger partial charge on any atom is 0.341 e. The lowest BCUT2D eigenvalue weighted by atomic mass is 10.2. The molecule has 0 aliphatic carbocycles. The van der Waals surface area contributed by atoms with Gasteiger partial charge in [-0.15, -0.1) is 0 Å². The number of methoxy groups -OCH3 is 2. The second-order valence-electron chi connectivity index (χ2n) is 5.09. The average molecular weight is 343 g/mol. The second kappa shape index (κ2) is 6.84. The summed E-state index contributed by atoms with van der Waals surface area (Å²) < 4.78 is 10.0. The van der Waals surface area contributed by atoms with Crippen LogP contribution in [0.25, 0.3) is 11.0 Å². The number of imidazole rings is 1. The number of nitrogen functional groups attached to an aromatic ring is 1. The van der Waals surface area contributed by atoms with Crippen molar-refractivity contribution in [2.75, 3.05) is 20.0 Å². The molecule has 0 fully saturated rings. The number of carbonyl (C=O) groups is 1. The molecule has 0 aliphatic rings. The van der Waals surface area contributed by atoms with Crippen molar-refractivity contribution in [1.82, 2.24) is 9.97 Å². The van der Waals surface area contributed by atoms with Crippen molar-refractivity contribution < 1.29 is 14.3 Å². The number of aromatic amines is 1. The summed E-state index contributed by atoms with van der Waals surface area (Å²) >= 11 is 1.54. The number of para-hydroxylation sites is 1. The maximum atomic E-state index is 11.8. The fraction of sp³-hybridized carbons (Fsp3) is 0.176. The van der Waals surface area contributed by atoms with Crippen LogP contribution >= 0.6 is 11.8 Å². The van der Waals surface area contributed by atoms with E-state index in [1.54, 1.807) is 23.9 Å². The highest BCUT2D eigenvalue weighted by molar-refractivity contribution is 7.98. The van der Waals surface area contributed by atoms with Crippen molar-refractivity contribution in [3.05, 3.63) is 47.5 Å². The normalized spacial score (nSPS) is 10.8. The largest absolute Gasteiger partial charge is 0.496 e. The molecule has 0 radical (unpaired) electrons. The summed E-state index contributed by atoms with van der Waals surface area (Å²) in [6.07, 6.45) is 0. The molecule has 1 heterocycles. The molecule has 7 heteroatoms. The third kappa shape index (κ3) is 3.16. The van der Waals surface area contributed by atoms with E-state index in [-0.39, 0.29) is 0 Å². The number of fused-ring (bicyclic) bond motifs is 1. The molecule has 3 N–H and O–H groups in total. The molecule has 24 heavy (non-hydrogen) atoms. The predicted molar refractivity (Wildman–Crippen MR) is 94.4 cm³/mol. The zero-order valence-electron chi connectivity index (χ0n) is 13.3. The van der Waals surface area contributed by atoms with Gasteiger partial charge in [-0.25, -0.2) is 9.78 Å². The number of nitrogens with zero attached hydrogens (tertiary/aromatic N) is 1. The van der Waals surface area contributed by atoms with Gasteiger partial charge in [-0.2, -0.15) is 0 Å². The minimum Gasteiger partial charge on any atom is -0.496 e. The van der Waals surface area contributed by atoms with E-state index in [0.29, 0.717) is 17.1 Å². The van der Waals surface area contributed by atoms with Gasteiger partial charge in [0.05, 0.1) is 25.3 Å². The minimum atomic E-state index is -0.449. The average Bonchev–Trinajstić information content (AvgIpc) is 3.00. The Balaban J connectivity index is 1.88. The van der Waals surface area contributed by atoms with Gasteiger partial charge in [-0.1, -0.05) is 30.0 Å². The topological polar surface area (TPSA) is 90.2 Å². The standard InChI is InChI=1S/C17H17N3O3S/c1-22-15-8-14-13(7-11(15)16(21)23-2)19-17(20-14)24-9-10-5-3-4-6-12(10)18/h3-8H,9,18H2,1-2H3,(H,19,20). The van der Waals surface area contributed by atoms with E-state index in [4.69, 9.17) is 15.2 Å². The van der Waals surface area contributed by atoms with Gasteiger partial charge >= 0.3 is 5.97 Å². The van der Waals surface area contributed by atoms with Crippen LogP contribution in [0, 0.1) is 0 Å². The van der Waals surface area contributed by atoms with Gasteiger partial charge in [0.1, 0.15) is 11.3 Å². The summed E-state index contributed by atoms with van der Waals surface area (Å²) in [7, 11) is 2.85. The van der Waals surface area contributed by atoms with Crippen molar-refractivity contribution in [1.29, 1.82) is 0 Å². The molecule has 0 saturated carbocycles. The third-order valence-corrected chi connectivity index (χ3v) is 4.53. The summed E-state index contributed by atoms with van der Waals surface area (Å²) in [4.78, 5) is 19.6. The van der Waals surface area contributed by atoms with E-state index >= 15 is 0 Å². The monoisotopic (exact) mass is 343 g/mol. The van der Waals surface area contributed by atoms with E-state index in [2.05, 4.69) is 9.97 Å². The Hall–Kier alpha value is -2.67. The van der Waals surface area contributed by atoms with E-state index in [1.807, 2.05) is 24.3 Å². The number of anilines is 1. The fourth-order valence-electron chi connectivity index (χ4n) is 2.33. The molecule has 0 bridgehead atoms. The van der Waals surface area contributed by atoms with Gasteiger partial charge < -0.3 is 20.2 Å². The summed E-state index contributed by atoms with van der Waals surface area (Å²) in [5.41, 5.74) is 9.60. The van der Waals surface area contributed by atoms with Crippen molar-refractivity contribution >= 4 is 34.5 Å². The second-order valence-corrected chi connectivity index (χ2v) is 6.05. The number of hydrogen-bond acceptors (Lipinski definition) is 6. The van der Waals surface area contributed by atoms with Gasteiger partial charge in [-0.3, -0.25) is 0 Å². The lowest BCUT2D eigenvalue weighted by Crippen LogP contribution is -2.03. The fourth-order valence-corrected chi connectivity index (χ4v) is 3.23. The first-order chi connectivity index (χ1) is 11.6. The van der Waals surface area contributed by atoms with Crippen LogP contribution in [0.3, 0.4) is 0 Å². The van der Waals surface area contributed by atoms with Gasteiger partial charge in [0.2, 0.25) is 0 Å². The lowest BCUT2D eigenvalue weighted by molar-refractivity contribution is 0.0597. The van der Waals surface area contributed by atoms with Gasteiger partial charge in [0.25, 0.3) is 0 Å². The highest BCUT2D eigenvalue weighted by Crippen LogP contribution is 2.29. The Kier molecular flexibility index (Phi) is 4.61. The number of aromatic nitrogens is 2. The van der Waals surface area contributed by atoms with E-state index in [9.17, 15) is 4.79 Å². The summed E-state index contributed by atoms with van der Waals surface area (Å²) in [6, 6.07) is 11.1. The first-order valence-corrected chi connectivity index (χ1v) is 8.23. The maximum absolute atomic E-state index is 11.8. The van der Waals surface area contributed by atoms with E-state index in [0.717, 1.165) is 27.4 Å². The number of esters is 1. The summed E-state index contributed by atoms with van der Waals surface area (Å²) in [5, 5.41) is 0.748. The molecule has 0 spiro atoms. The van der Waals surface area contributed by atoms with Crippen LogP contribution in [-0.4, -0.2) is 30.2 Å². The van der Waals surface area contributed by atoms with Crippen molar-refractivity contribution in [3.8, 4) is 5.75 Å². The van der Waals surface area contributed by atoms with E-state index in [1.165, 1.54) is 14.2 Å². The van der Waals surface area contributed by atoms with Crippen LogP contribution in [0.4, 0.5) is 5.69 Å². The number of carbonyl (C=O) groups excluding carboxylic acids is 1. The number of ether oxygens (including phenoxy) is 2. The molecule has 1 aromatic heterocycles. The molecule has 2 aromatic carbocycles. The number of hydrogen-bond donors (Lipinski definition) is 2. The number of rotatable bonds is 5. The van der Waals surface area contributed by atoms with Crippen LogP contribution in [-0.2, 0) is 10.5 Å². The van der Waals surface area contributed by atoms with Crippen LogP contribution < -0.4 is 10.5 Å². The van der Waals surface area contributed by atoms with E-state index < -0.39 is 5.97 Å². The molecule has 0 atom stereocenters. The third-order valence-electron chi connectivity index (χ3n) is 3.61. The van der Waals surface area contributed by atoms with Crippen LogP contribution in [0.15, 0.2) is 41.6 Å². The summed E-state index contributed by atoms with van der Waals surface area (Å²) in [6.45, 7) is 0. The molecule has 0 saturated heterocycles. The number of H-pyrrole nitrogens is 1. The first-order valence-electron chi connectivity index (χ1n) is 7.24. The zero-order valence-corrected chi connectivity index (χ0v) is 14.1. The van der Waals surface area contributed by atoms with Crippen LogP contribution in [0.2, 0.25) is 0 Å². The Bertz CT molecular complexity index is 892. The highest BCUT2D eigenvalue weighted by Gasteiger charge is 2.16. The molecule has 0 aliphatic heterocycles. The molecule has 3 aromatic rings. The highest BCUT2D eigenvalue weighted by atomic mass is 32.2. The predicted octanol–water partition coefficient (Wildman–Crippen LogP) is 3.23. The molecule has 6 nitrogen and oxygen atoms in total. The van der Waals surface area contributed by atoms with Crippen LogP contribution in [0.5, 0.6) is 5.75 Å². The quantitative estimate of drug-likeness (QED) is 0.420. The Labute approximate surface area is 143 Å². The Morgan fingerprint density at radius 3 is 2.79 bits per heavy atom. The van der Waals surface area contributed by atoms with Crippen molar-refractivity contribution in [2.24, 2.45) is 0 Å². The molecule has 3 rings (SSSR count). The molecule has 0 amide bonds. The Morgan fingerprint density at radius 2 is 2.08 bits per heavy atom. The number of benzene rings is 2. The number of nitrogens with one attached hydrogen (secondary N) is 1. The number of thioether (sulfide) groups is 1. The lowest BCUT2D eigenvalue weighted by Gasteiger charge is -2.06. The molecule has 124 valence electrons. The van der Waals surface area contributed by atoms with Crippen molar-refractivity contribution in [3.63, 3.8) is 0 Å². The SMILES string of the molecule is COC(=O)c1cc2[nH]c(SCc3ccccc3N)nc2cc1OC. The number of nitrogens with two attached hydrogens (primary N) is 1. The van der Waals surface area contributed by atoms with Gasteiger partial charge in [-0.05, 0) is 17.7 Å². The first kappa shape index (κ1) is 16.2. The smallest absolute Gasteiger partial charge is 0.341 e. The molecule has 0 unspecified atom stereocenters. The zero-order chi connectivity index (χ0) is 17.1. The molecular formula is C17H17N3O3S. The van der Waals surface area contributed by atoms with Crippen molar-refractivity contribution in [2.45, 2.75) is 10.9 Å². The van der Waals surface area contributed by atoms with Gasteiger partial charge in [0, 0.05) is 17.5 Å². The Morgan fingerprint density at radius 1 is 1.29 bits per heavy atom. The van der Waals surface area contributed by atoms with Gasteiger partial charge in [0.15, 0.2) is 5.16 Å². The minimum absolute atomic E-state index is 0.361. The molecular weight excluding hydrogens is 326 g/mol. The summed E-state index contributed by atoms with van der Waals surface area (Å²) in [5.74, 6) is 0.687.